The third-order valence-corrected chi connectivity index (χ3v) is 3.73. The summed E-state index contributed by atoms with van der Waals surface area (Å²) in [5.74, 6) is 0.0864. The molecule has 1 aliphatic heterocycles. The molecule has 1 heterocycles. The zero-order chi connectivity index (χ0) is 14.5. The number of aryl methyl sites for hydroxylation is 1. The quantitative estimate of drug-likeness (QED) is 0.898. The van der Waals surface area contributed by atoms with Gasteiger partial charge in [0.05, 0.1) is 17.9 Å². The monoisotopic (exact) mass is 276 g/mol. The first-order valence-electron chi connectivity index (χ1n) is 7.30. The summed E-state index contributed by atoms with van der Waals surface area (Å²) in [5.41, 5.74) is 3.05. The minimum absolute atomic E-state index is 0.0864. The van der Waals surface area contributed by atoms with Crippen LogP contribution in [0.5, 0.6) is 0 Å². The highest BCUT2D eigenvalue weighted by Gasteiger charge is 2.23. The smallest absolute Gasteiger partial charge is 0.256 e. The van der Waals surface area contributed by atoms with Crippen LogP contribution in [0.2, 0.25) is 0 Å². The van der Waals surface area contributed by atoms with E-state index < -0.39 is 0 Å². The highest BCUT2D eigenvalue weighted by Crippen LogP contribution is 2.27. The molecule has 1 N–H and O–H groups in total. The number of hydrogen-bond acceptors (Lipinski definition) is 3. The molecule has 0 radical (unpaired) electrons. The fourth-order valence-corrected chi connectivity index (χ4v) is 2.63. The number of carbonyl (C=O) groups excluding carboxylic acids is 1. The molecule has 4 heteroatoms. The number of nitrogens with one attached hydrogen (secondary N) is 1. The van der Waals surface area contributed by atoms with Gasteiger partial charge < -0.3 is 15.0 Å². The molecule has 2 rings (SSSR count). The maximum Gasteiger partial charge on any atom is 0.256 e. The Bertz CT molecular complexity index is 472. The van der Waals surface area contributed by atoms with Crippen molar-refractivity contribution in [3.05, 3.63) is 29.3 Å². The number of hydrogen-bond donors (Lipinski definition) is 1. The predicted octanol–water partition coefficient (Wildman–Crippen LogP) is 2.54. The molecule has 1 aromatic carbocycles. The lowest BCUT2D eigenvalue weighted by Crippen LogP contribution is -2.39. The molecule has 0 atom stereocenters. The highest BCUT2D eigenvalue weighted by atomic mass is 16.5. The Balaban J connectivity index is 2.27. The summed E-state index contributed by atoms with van der Waals surface area (Å²) in [6.07, 6.45) is 2.17. The number of carbonyl (C=O) groups is 1. The van der Waals surface area contributed by atoms with Crippen molar-refractivity contribution in [2.45, 2.75) is 32.7 Å². The Morgan fingerprint density at radius 1 is 1.45 bits per heavy atom. The van der Waals surface area contributed by atoms with Crippen molar-refractivity contribution < 1.29 is 9.53 Å². The summed E-state index contributed by atoms with van der Waals surface area (Å²) < 4.78 is 5.11. The third kappa shape index (κ3) is 3.12. The van der Waals surface area contributed by atoms with Gasteiger partial charge in [0.2, 0.25) is 0 Å². The minimum atomic E-state index is 0.0864. The SMILES string of the molecule is COCCN(C(=O)c1cccc2c1NCCC2)C(C)C. The van der Waals surface area contributed by atoms with E-state index in [1.807, 2.05) is 30.9 Å². The number of benzene rings is 1. The molecule has 0 saturated heterocycles. The van der Waals surface area contributed by atoms with Gasteiger partial charge in [0, 0.05) is 26.2 Å². The lowest BCUT2D eigenvalue weighted by Gasteiger charge is -2.29. The Kier molecular flexibility index (Phi) is 5.01. The number of rotatable bonds is 5. The molecule has 1 amide bonds. The van der Waals surface area contributed by atoms with Gasteiger partial charge >= 0.3 is 0 Å². The van der Waals surface area contributed by atoms with Gasteiger partial charge in [0.25, 0.3) is 5.91 Å². The van der Waals surface area contributed by atoms with Gasteiger partial charge in [-0.05, 0) is 38.3 Å². The van der Waals surface area contributed by atoms with E-state index in [-0.39, 0.29) is 11.9 Å². The molecule has 1 aromatic rings. The molecule has 0 aliphatic carbocycles. The van der Waals surface area contributed by atoms with E-state index in [0.29, 0.717) is 13.2 Å². The van der Waals surface area contributed by atoms with Gasteiger partial charge in [-0.1, -0.05) is 12.1 Å². The van der Waals surface area contributed by atoms with Gasteiger partial charge in [0.1, 0.15) is 0 Å². The molecule has 0 aromatic heterocycles. The van der Waals surface area contributed by atoms with Gasteiger partial charge in [-0.2, -0.15) is 0 Å². The second-order valence-corrected chi connectivity index (χ2v) is 5.46. The van der Waals surface area contributed by atoms with Crippen LogP contribution in [0, 0.1) is 0 Å². The number of fused-ring (bicyclic) bond motifs is 1. The second kappa shape index (κ2) is 6.75. The van der Waals surface area contributed by atoms with Crippen LogP contribution in [0.4, 0.5) is 5.69 Å². The normalized spacial score (nSPS) is 13.8. The summed E-state index contributed by atoms with van der Waals surface area (Å²) in [7, 11) is 1.66. The van der Waals surface area contributed by atoms with E-state index in [1.54, 1.807) is 7.11 Å². The van der Waals surface area contributed by atoms with E-state index in [1.165, 1.54) is 5.56 Å². The van der Waals surface area contributed by atoms with Crippen molar-refractivity contribution >= 4 is 11.6 Å². The number of para-hydroxylation sites is 1. The van der Waals surface area contributed by atoms with E-state index in [0.717, 1.165) is 30.6 Å². The Labute approximate surface area is 121 Å². The molecule has 20 heavy (non-hydrogen) atoms. The molecule has 110 valence electrons. The summed E-state index contributed by atoms with van der Waals surface area (Å²) in [5, 5.41) is 3.38. The fourth-order valence-electron chi connectivity index (χ4n) is 2.63. The van der Waals surface area contributed by atoms with Crippen LogP contribution in [0.1, 0.15) is 36.2 Å². The predicted molar refractivity (Wildman–Crippen MR) is 81.3 cm³/mol. The van der Waals surface area contributed by atoms with Crippen molar-refractivity contribution in [1.82, 2.24) is 4.90 Å². The van der Waals surface area contributed by atoms with Crippen molar-refractivity contribution in [3.63, 3.8) is 0 Å². The molecule has 0 bridgehead atoms. The van der Waals surface area contributed by atoms with Crippen LogP contribution in [-0.2, 0) is 11.2 Å². The van der Waals surface area contributed by atoms with Crippen LogP contribution in [0.3, 0.4) is 0 Å². The van der Waals surface area contributed by atoms with Gasteiger partial charge in [-0.15, -0.1) is 0 Å². The first-order chi connectivity index (χ1) is 9.65. The van der Waals surface area contributed by atoms with Gasteiger partial charge in [-0.25, -0.2) is 0 Å². The average Bonchev–Trinajstić information content (AvgIpc) is 2.46. The second-order valence-electron chi connectivity index (χ2n) is 5.46. The number of methoxy groups -OCH3 is 1. The first kappa shape index (κ1) is 14.9. The van der Waals surface area contributed by atoms with E-state index in [4.69, 9.17) is 4.74 Å². The topological polar surface area (TPSA) is 41.6 Å². The Hall–Kier alpha value is -1.55. The Morgan fingerprint density at radius 2 is 2.25 bits per heavy atom. The summed E-state index contributed by atoms with van der Waals surface area (Å²) in [6.45, 7) is 6.20. The zero-order valence-corrected chi connectivity index (χ0v) is 12.6. The number of amides is 1. The largest absolute Gasteiger partial charge is 0.384 e. The summed E-state index contributed by atoms with van der Waals surface area (Å²) in [6, 6.07) is 6.17. The summed E-state index contributed by atoms with van der Waals surface area (Å²) in [4.78, 5) is 14.7. The van der Waals surface area contributed by atoms with Gasteiger partial charge in [-0.3, -0.25) is 4.79 Å². The van der Waals surface area contributed by atoms with E-state index >= 15 is 0 Å². The molecule has 0 spiro atoms. The lowest BCUT2D eigenvalue weighted by molar-refractivity contribution is 0.0636. The fraction of sp³-hybridized carbons (Fsp3) is 0.562. The van der Waals surface area contributed by atoms with Crippen LogP contribution in [0.25, 0.3) is 0 Å². The molecular weight excluding hydrogens is 252 g/mol. The van der Waals surface area contributed by atoms with Crippen molar-refractivity contribution in [3.8, 4) is 0 Å². The zero-order valence-electron chi connectivity index (χ0n) is 12.6. The average molecular weight is 276 g/mol. The van der Waals surface area contributed by atoms with Crippen molar-refractivity contribution in [2.75, 3.05) is 32.1 Å². The maximum atomic E-state index is 12.8. The van der Waals surface area contributed by atoms with Crippen molar-refractivity contribution in [2.24, 2.45) is 0 Å². The molecule has 0 fully saturated rings. The third-order valence-electron chi connectivity index (χ3n) is 3.73. The lowest BCUT2D eigenvalue weighted by atomic mass is 9.98. The van der Waals surface area contributed by atoms with Gasteiger partial charge in [0.15, 0.2) is 0 Å². The first-order valence-corrected chi connectivity index (χ1v) is 7.30. The van der Waals surface area contributed by atoms with Crippen LogP contribution in [0.15, 0.2) is 18.2 Å². The maximum absolute atomic E-state index is 12.8. The number of anilines is 1. The molecule has 0 saturated carbocycles. The van der Waals surface area contributed by atoms with Crippen LogP contribution < -0.4 is 5.32 Å². The highest BCUT2D eigenvalue weighted by molar-refractivity contribution is 6.00. The van der Waals surface area contributed by atoms with Crippen molar-refractivity contribution in [1.29, 1.82) is 0 Å². The van der Waals surface area contributed by atoms with E-state index in [2.05, 4.69) is 11.4 Å². The van der Waals surface area contributed by atoms with Crippen LogP contribution in [-0.4, -0.2) is 43.7 Å². The molecule has 4 nitrogen and oxygen atoms in total. The standard InChI is InChI=1S/C16H24N2O2/c1-12(2)18(10-11-20-3)16(19)14-8-4-6-13-7-5-9-17-15(13)14/h4,6,8,12,17H,5,7,9-11H2,1-3H3. The molecular formula is C16H24N2O2. The Morgan fingerprint density at radius 3 is 2.95 bits per heavy atom. The number of nitrogens with zero attached hydrogens (tertiary/aromatic N) is 1. The number of ether oxygens (including phenoxy) is 1. The minimum Gasteiger partial charge on any atom is -0.384 e. The summed E-state index contributed by atoms with van der Waals surface area (Å²) >= 11 is 0. The van der Waals surface area contributed by atoms with Crippen LogP contribution >= 0.6 is 0 Å². The molecule has 1 aliphatic rings. The van der Waals surface area contributed by atoms with E-state index in [9.17, 15) is 4.79 Å². The molecule has 0 unspecified atom stereocenters.